The standard InChI is InChI=1S/C9H14FNO5S/c1-9(2,4-8(13)14)11-5-6(3-7(11)12)17(10,15)16/h6H,3-5H2,1-2H3,(H,13,14). The summed E-state index contributed by atoms with van der Waals surface area (Å²) in [7, 11) is -4.77. The van der Waals surface area contributed by atoms with Gasteiger partial charge in [-0.1, -0.05) is 0 Å². The van der Waals surface area contributed by atoms with E-state index in [0.717, 1.165) is 4.90 Å². The van der Waals surface area contributed by atoms with E-state index in [1.165, 1.54) is 13.8 Å². The van der Waals surface area contributed by atoms with Crippen molar-refractivity contribution in [2.24, 2.45) is 0 Å². The van der Waals surface area contributed by atoms with Crippen LogP contribution in [0.1, 0.15) is 26.7 Å². The Morgan fingerprint density at radius 3 is 2.47 bits per heavy atom. The Kier molecular flexibility index (Phi) is 3.47. The molecular formula is C9H14FNO5S. The van der Waals surface area contributed by atoms with Crippen LogP contribution in [-0.2, 0) is 19.8 Å². The van der Waals surface area contributed by atoms with Crippen LogP contribution in [0.15, 0.2) is 0 Å². The largest absolute Gasteiger partial charge is 0.481 e. The maximum Gasteiger partial charge on any atom is 0.307 e. The highest BCUT2D eigenvalue weighted by molar-refractivity contribution is 7.87. The molecule has 0 aromatic heterocycles. The summed E-state index contributed by atoms with van der Waals surface area (Å²) < 4.78 is 34.2. The van der Waals surface area contributed by atoms with Gasteiger partial charge in [0.2, 0.25) is 5.91 Å². The molecule has 0 aliphatic carbocycles. The Balaban J connectivity index is 2.88. The zero-order valence-corrected chi connectivity index (χ0v) is 10.3. The van der Waals surface area contributed by atoms with Crippen molar-refractivity contribution in [1.29, 1.82) is 0 Å². The number of likely N-dealkylation sites (tertiary alicyclic amines) is 1. The lowest BCUT2D eigenvalue weighted by atomic mass is 9.99. The molecule has 6 nitrogen and oxygen atoms in total. The zero-order chi connectivity index (χ0) is 13.4. The SMILES string of the molecule is CC(C)(CC(=O)O)N1CC(S(=O)(=O)F)CC1=O. The van der Waals surface area contributed by atoms with Gasteiger partial charge in [-0.15, -0.1) is 3.89 Å². The highest BCUT2D eigenvalue weighted by atomic mass is 32.3. The number of aliphatic carboxylic acids is 1. The maximum atomic E-state index is 12.8. The molecule has 17 heavy (non-hydrogen) atoms. The van der Waals surface area contributed by atoms with Crippen LogP contribution in [0.5, 0.6) is 0 Å². The first-order valence-electron chi connectivity index (χ1n) is 5.00. The van der Waals surface area contributed by atoms with Crippen molar-refractivity contribution in [3.63, 3.8) is 0 Å². The molecule has 0 saturated carbocycles. The molecule has 0 radical (unpaired) electrons. The van der Waals surface area contributed by atoms with Crippen molar-refractivity contribution in [3.8, 4) is 0 Å². The Bertz CT molecular complexity index is 444. The summed E-state index contributed by atoms with van der Waals surface area (Å²) in [5.74, 6) is -1.64. The second-order valence-corrected chi connectivity index (χ2v) is 6.31. The fraction of sp³-hybridized carbons (Fsp3) is 0.778. The van der Waals surface area contributed by atoms with Gasteiger partial charge >= 0.3 is 16.2 Å². The molecule has 1 amide bonds. The molecular weight excluding hydrogens is 253 g/mol. The van der Waals surface area contributed by atoms with Crippen LogP contribution < -0.4 is 0 Å². The lowest BCUT2D eigenvalue weighted by Gasteiger charge is -2.34. The molecule has 1 heterocycles. The zero-order valence-electron chi connectivity index (χ0n) is 9.51. The number of carboxylic acid groups (broad SMARTS) is 1. The third-order valence-corrected chi connectivity index (χ3v) is 3.91. The number of amides is 1. The van der Waals surface area contributed by atoms with Gasteiger partial charge in [0.25, 0.3) is 0 Å². The predicted octanol–water partition coefficient (Wildman–Crippen LogP) is 0.140. The van der Waals surface area contributed by atoms with E-state index in [9.17, 15) is 21.9 Å². The Morgan fingerprint density at radius 2 is 2.12 bits per heavy atom. The van der Waals surface area contributed by atoms with Gasteiger partial charge < -0.3 is 10.0 Å². The Hall–Kier alpha value is -1.18. The number of carbonyl (C=O) groups excluding carboxylic acids is 1. The molecule has 8 heteroatoms. The molecule has 98 valence electrons. The quantitative estimate of drug-likeness (QED) is 0.731. The van der Waals surface area contributed by atoms with Gasteiger partial charge in [0.15, 0.2) is 0 Å². The minimum absolute atomic E-state index is 0.294. The monoisotopic (exact) mass is 267 g/mol. The van der Waals surface area contributed by atoms with Crippen molar-refractivity contribution in [2.45, 2.75) is 37.5 Å². The number of carbonyl (C=O) groups is 2. The summed E-state index contributed by atoms with van der Waals surface area (Å²) in [6, 6.07) is 0. The number of rotatable bonds is 4. The number of carboxylic acids is 1. The molecule has 1 aliphatic heterocycles. The van der Waals surface area contributed by atoms with Crippen LogP contribution in [0.4, 0.5) is 3.89 Å². The van der Waals surface area contributed by atoms with Gasteiger partial charge in [-0.25, -0.2) is 0 Å². The lowest BCUT2D eigenvalue weighted by Crippen LogP contribution is -2.46. The summed E-state index contributed by atoms with van der Waals surface area (Å²) in [6.45, 7) is 2.72. The number of hydrogen-bond acceptors (Lipinski definition) is 4. The van der Waals surface area contributed by atoms with Crippen molar-refractivity contribution < 1.29 is 27.0 Å². The summed E-state index contributed by atoms with van der Waals surface area (Å²) in [6.07, 6.45) is -0.750. The van der Waals surface area contributed by atoms with Gasteiger partial charge in [-0.05, 0) is 13.8 Å². The predicted molar refractivity (Wildman–Crippen MR) is 56.5 cm³/mol. The smallest absolute Gasteiger partial charge is 0.307 e. The summed E-state index contributed by atoms with van der Waals surface area (Å²) >= 11 is 0. The Morgan fingerprint density at radius 1 is 1.59 bits per heavy atom. The highest BCUT2D eigenvalue weighted by Gasteiger charge is 2.44. The van der Waals surface area contributed by atoms with Crippen molar-refractivity contribution in [2.75, 3.05) is 6.54 Å². The van der Waals surface area contributed by atoms with E-state index in [1.807, 2.05) is 0 Å². The van der Waals surface area contributed by atoms with Crippen LogP contribution in [0.3, 0.4) is 0 Å². The average Bonchev–Trinajstić information content (AvgIpc) is 2.44. The van der Waals surface area contributed by atoms with Gasteiger partial charge in [0.05, 0.1) is 6.42 Å². The molecule has 0 aromatic rings. The summed E-state index contributed by atoms with van der Waals surface area (Å²) in [5, 5.41) is 7.31. The van der Waals surface area contributed by atoms with Crippen LogP contribution in [0.2, 0.25) is 0 Å². The fourth-order valence-electron chi connectivity index (χ4n) is 1.91. The first-order valence-corrected chi connectivity index (χ1v) is 6.44. The molecule has 1 fully saturated rings. The molecule has 1 aliphatic rings. The summed E-state index contributed by atoms with van der Waals surface area (Å²) in [4.78, 5) is 23.3. The van der Waals surface area contributed by atoms with Crippen LogP contribution in [0, 0.1) is 0 Å². The molecule has 0 aromatic carbocycles. The molecule has 1 saturated heterocycles. The average molecular weight is 267 g/mol. The number of nitrogens with zero attached hydrogens (tertiary/aromatic N) is 1. The first-order chi connectivity index (χ1) is 7.54. The van der Waals surface area contributed by atoms with Crippen LogP contribution in [-0.4, -0.2) is 47.6 Å². The van der Waals surface area contributed by atoms with E-state index in [4.69, 9.17) is 5.11 Å². The van der Waals surface area contributed by atoms with Gasteiger partial charge in [-0.3, -0.25) is 9.59 Å². The Labute approximate surface area is 98.6 Å². The third-order valence-electron chi connectivity index (χ3n) is 2.80. The van der Waals surface area contributed by atoms with E-state index < -0.39 is 39.3 Å². The van der Waals surface area contributed by atoms with Gasteiger partial charge in [-0.2, -0.15) is 8.42 Å². The molecule has 0 bridgehead atoms. The van der Waals surface area contributed by atoms with Crippen LogP contribution in [0.25, 0.3) is 0 Å². The van der Waals surface area contributed by atoms with E-state index in [-0.39, 0.29) is 13.0 Å². The number of halogens is 1. The second kappa shape index (κ2) is 4.25. The van der Waals surface area contributed by atoms with E-state index in [2.05, 4.69) is 0 Å². The first kappa shape index (κ1) is 13.9. The molecule has 1 rings (SSSR count). The maximum absolute atomic E-state index is 12.8. The van der Waals surface area contributed by atoms with Crippen molar-refractivity contribution >= 4 is 22.1 Å². The second-order valence-electron chi connectivity index (χ2n) is 4.69. The minimum atomic E-state index is -4.77. The minimum Gasteiger partial charge on any atom is -0.481 e. The highest BCUT2D eigenvalue weighted by Crippen LogP contribution is 2.28. The van der Waals surface area contributed by atoms with E-state index >= 15 is 0 Å². The van der Waals surface area contributed by atoms with Crippen LogP contribution >= 0.6 is 0 Å². The van der Waals surface area contributed by atoms with E-state index in [0.29, 0.717) is 0 Å². The van der Waals surface area contributed by atoms with Gasteiger partial charge in [0.1, 0.15) is 5.25 Å². The molecule has 1 atom stereocenters. The van der Waals surface area contributed by atoms with Crippen molar-refractivity contribution in [3.05, 3.63) is 0 Å². The molecule has 1 N–H and O–H groups in total. The third kappa shape index (κ3) is 3.15. The molecule has 1 unspecified atom stereocenters. The normalized spacial score (nSPS) is 21.9. The van der Waals surface area contributed by atoms with Crippen molar-refractivity contribution in [1.82, 2.24) is 4.90 Å². The van der Waals surface area contributed by atoms with Gasteiger partial charge in [0, 0.05) is 18.5 Å². The number of hydrogen-bond donors (Lipinski definition) is 1. The fourth-order valence-corrected chi connectivity index (χ4v) is 2.58. The lowest BCUT2D eigenvalue weighted by molar-refractivity contribution is -0.142. The topological polar surface area (TPSA) is 91.8 Å². The summed E-state index contributed by atoms with van der Waals surface area (Å²) in [5.41, 5.74) is -1.03. The van der Waals surface area contributed by atoms with E-state index in [1.54, 1.807) is 0 Å². The molecule has 0 spiro atoms.